The fourth-order valence-corrected chi connectivity index (χ4v) is 4.16. The first kappa shape index (κ1) is 21.8. The van der Waals surface area contributed by atoms with E-state index in [2.05, 4.69) is 5.32 Å². The number of carbonyl (C=O) groups excluding carboxylic acids is 2. The van der Waals surface area contributed by atoms with Crippen LogP contribution in [-0.2, 0) is 22.6 Å². The summed E-state index contributed by atoms with van der Waals surface area (Å²) < 4.78 is 8.67. The van der Waals surface area contributed by atoms with Gasteiger partial charge in [-0.25, -0.2) is 4.79 Å². The molecular weight excluding hydrogens is 408 g/mol. The number of nitrogens with zero attached hydrogens (tertiary/aromatic N) is 3. The Morgan fingerprint density at radius 3 is 2.38 bits per heavy atom. The molecule has 1 fully saturated rings. The van der Waals surface area contributed by atoms with Crippen molar-refractivity contribution >= 4 is 28.5 Å². The molecule has 1 aliphatic heterocycles. The van der Waals surface area contributed by atoms with Crippen LogP contribution < -0.4 is 11.0 Å². The van der Waals surface area contributed by atoms with E-state index in [0.717, 1.165) is 16.6 Å². The van der Waals surface area contributed by atoms with Gasteiger partial charge in [-0.15, -0.1) is 0 Å². The second kappa shape index (κ2) is 9.40. The summed E-state index contributed by atoms with van der Waals surface area (Å²) in [6, 6.07) is 12.9. The lowest BCUT2D eigenvalue weighted by Crippen LogP contribution is -2.41. The predicted octanol–water partition coefficient (Wildman–Crippen LogP) is 2.63. The summed E-state index contributed by atoms with van der Waals surface area (Å²) in [6.07, 6.45) is 0.151. The van der Waals surface area contributed by atoms with Gasteiger partial charge in [0.15, 0.2) is 0 Å². The third-order valence-electron chi connectivity index (χ3n) is 5.94. The summed E-state index contributed by atoms with van der Waals surface area (Å²) in [6.45, 7) is 6.82. The number of hydrogen-bond acceptors (Lipinski definition) is 4. The standard InChI is InChI=1S/C24H28N4O4/c1-3-27-20-9-4-5-10-21(20)28(24(27)31)12-11-22(29)25-19-8-6-7-18(17(19)2)23(30)26-13-15-32-16-14-26/h4-10H,3,11-16H2,1-2H3,(H,25,29). The highest BCUT2D eigenvalue weighted by atomic mass is 16.5. The first-order valence-corrected chi connectivity index (χ1v) is 11.0. The van der Waals surface area contributed by atoms with Crippen molar-refractivity contribution in [3.63, 3.8) is 0 Å². The van der Waals surface area contributed by atoms with Crippen molar-refractivity contribution in [2.45, 2.75) is 33.4 Å². The van der Waals surface area contributed by atoms with Crippen LogP contribution in [0.2, 0.25) is 0 Å². The number of imidazole rings is 1. The monoisotopic (exact) mass is 436 g/mol. The average molecular weight is 437 g/mol. The second-order valence-electron chi connectivity index (χ2n) is 7.85. The number of aryl methyl sites for hydroxylation is 2. The maximum Gasteiger partial charge on any atom is 0.329 e. The van der Waals surface area contributed by atoms with Gasteiger partial charge in [-0.05, 0) is 43.7 Å². The number of amides is 2. The van der Waals surface area contributed by atoms with E-state index in [1.54, 1.807) is 32.2 Å². The van der Waals surface area contributed by atoms with Gasteiger partial charge in [0.1, 0.15) is 0 Å². The van der Waals surface area contributed by atoms with Crippen LogP contribution in [0.15, 0.2) is 47.3 Å². The van der Waals surface area contributed by atoms with Crippen molar-refractivity contribution in [2.24, 2.45) is 0 Å². The van der Waals surface area contributed by atoms with E-state index < -0.39 is 0 Å². The summed E-state index contributed by atoms with van der Waals surface area (Å²) in [5, 5.41) is 2.91. The Morgan fingerprint density at radius 1 is 1.00 bits per heavy atom. The van der Waals surface area contributed by atoms with Crippen LogP contribution in [0.1, 0.15) is 29.3 Å². The lowest BCUT2D eigenvalue weighted by atomic mass is 10.0. The number of nitrogens with one attached hydrogen (secondary N) is 1. The molecule has 1 N–H and O–H groups in total. The molecular formula is C24H28N4O4. The summed E-state index contributed by atoms with van der Waals surface area (Å²) in [4.78, 5) is 40.1. The van der Waals surface area contributed by atoms with Crippen LogP contribution in [0.4, 0.5) is 5.69 Å². The molecule has 0 radical (unpaired) electrons. The molecule has 0 spiro atoms. The van der Waals surface area contributed by atoms with Crippen LogP contribution in [-0.4, -0.2) is 52.2 Å². The Morgan fingerprint density at radius 2 is 1.69 bits per heavy atom. The molecule has 0 unspecified atom stereocenters. The molecule has 1 aromatic heterocycles. The zero-order valence-corrected chi connectivity index (χ0v) is 18.5. The molecule has 2 amide bonds. The number of hydrogen-bond donors (Lipinski definition) is 1. The zero-order valence-electron chi connectivity index (χ0n) is 18.5. The van der Waals surface area contributed by atoms with Crippen molar-refractivity contribution in [2.75, 3.05) is 31.6 Å². The van der Waals surface area contributed by atoms with Crippen LogP contribution in [0.25, 0.3) is 11.0 Å². The second-order valence-corrected chi connectivity index (χ2v) is 7.85. The number of anilines is 1. The lowest BCUT2D eigenvalue weighted by molar-refractivity contribution is -0.116. The van der Waals surface area contributed by atoms with Crippen molar-refractivity contribution < 1.29 is 14.3 Å². The minimum absolute atomic E-state index is 0.0548. The van der Waals surface area contributed by atoms with Crippen LogP contribution >= 0.6 is 0 Å². The molecule has 32 heavy (non-hydrogen) atoms. The molecule has 1 saturated heterocycles. The highest BCUT2D eigenvalue weighted by molar-refractivity contribution is 5.99. The number of morpholine rings is 1. The minimum Gasteiger partial charge on any atom is -0.378 e. The van der Waals surface area contributed by atoms with E-state index in [1.165, 1.54) is 0 Å². The van der Waals surface area contributed by atoms with Gasteiger partial charge in [0.2, 0.25) is 5.91 Å². The highest BCUT2D eigenvalue weighted by Gasteiger charge is 2.21. The Hall–Kier alpha value is -3.39. The van der Waals surface area contributed by atoms with Crippen LogP contribution in [0.5, 0.6) is 0 Å². The first-order valence-electron chi connectivity index (χ1n) is 11.0. The average Bonchev–Trinajstić information content (AvgIpc) is 3.09. The van der Waals surface area contributed by atoms with E-state index in [-0.39, 0.29) is 30.5 Å². The van der Waals surface area contributed by atoms with E-state index in [0.29, 0.717) is 44.1 Å². The summed E-state index contributed by atoms with van der Waals surface area (Å²) in [5.41, 5.74) is 3.49. The molecule has 2 heterocycles. The molecule has 4 rings (SSSR count). The van der Waals surface area contributed by atoms with Gasteiger partial charge in [-0.2, -0.15) is 0 Å². The van der Waals surface area contributed by atoms with Crippen molar-refractivity contribution in [1.29, 1.82) is 0 Å². The van der Waals surface area contributed by atoms with Crippen molar-refractivity contribution in [1.82, 2.24) is 14.0 Å². The van der Waals surface area contributed by atoms with Gasteiger partial charge in [0.25, 0.3) is 5.91 Å². The van der Waals surface area contributed by atoms with Gasteiger partial charge in [0.05, 0.1) is 24.2 Å². The number of para-hydroxylation sites is 2. The van der Waals surface area contributed by atoms with Crippen LogP contribution in [0, 0.1) is 6.92 Å². The maximum atomic E-state index is 12.9. The SMILES string of the molecule is CCn1c(=O)n(CCC(=O)Nc2cccc(C(=O)N3CCOCC3)c2C)c2ccccc21. The third kappa shape index (κ3) is 4.18. The Kier molecular flexibility index (Phi) is 6.41. The molecule has 0 bridgehead atoms. The van der Waals surface area contributed by atoms with Crippen molar-refractivity contribution in [3.8, 4) is 0 Å². The highest BCUT2D eigenvalue weighted by Crippen LogP contribution is 2.21. The molecule has 8 nitrogen and oxygen atoms in total. The van der Waals surface area contributed by atoms with E-state index in [4.69, 9.17) is 4.74 Å². The first-order chi connectivity index (χ1) is 15.5. The number of carbonyl (C=O) groups is 2. The van der Waals surface area contributed by atoms with Gasteiger partial charge >= 0.3 is 5.69 Å². The van der Waals surface area contributed by atoms with Gasteiger partial charge < -0.3 is 15.0 Å². The number of fused-ring (bicyclic) bond motifs is 1. The normalized spacial score (nSPS) is 14.0. The van der Waals surface area contributed by atoms with Gasteiger partial charge in [-0.3, -0.25) is 18.7 Å². The zero-order chi connectivity index (χ0) is 22.7. The van der Waals surface area contributed by atoms with Crippen molar-refractivity contribution in [3.05, 3.63) is 64.1 Å². The summed E-state index contributed by atoms with van der Waals surface area (Å²) >= 11 is 0. The molecule has 0 aliphatic carbocycles. The summed E-state index contributed by atoms with van der Waals surface area (Å²) in [5.74, 6) is -0.259. The smallest absolute Gasteiger partial charge is 0.329 e. The molecule has 0 saturated carbocycles. The topological polar surface area (TPSA) is 85.6 Å². The minimum atomic E-state index is -0.204. The van der Waals surface area contributed by atoms with Gasteiger partial charge in [-0.1, -0.05) is 18.2 Å². The van der Waals surface area contributed by atoms with Crippen LogP contribution in [0.3, 0.4) is 0 Å². The summed E-state index contributed by atoms with van der Waals surface area (Å²) in [7, 11) is 0. The molecule has 0 atom stereocenters. The predicted molar refractivity (Wildman–Crippen MR) is 123 cm³/mol. The molecule has 2 aromatic carbocycles. The van der Waals surface area contributed by atoms with E-state index in [1.807, 2.05) is 38.1 Å². The molecule has 168 valence electrons. The molecule has 3 aromatic rings. The number of benzene rings is 2. The van der Waals surface area contributed by atoms with E-state index in [9.17, 15) is 14.4 Å². The largest absolute Gasteiger partial charge is 0.378 e. The molecule has 8 heteroatoms. The number of aromatic nitrogens is 2. The lowest BCUT2D eigenvalue weighted by Gasteiger charge is -2.27. The third-order valence-corrected chi connectivity index (χ3v) is 5.94. The van der Waals surface area contributed by atoms with E-state index >= 15 is 0 Å². The maximum absolute atomic E-state index is 12.9. The molecule has 1 aliphatic rings. The Bertz CT molecular complexity index is 1200. The van der Waals surface area contributed by atoms with Gasteiger partial charge in [0, 0.05) is 43.9 Å². The fourth-order valence-electron chi connectivity index (χ4n) is 4.16. The number of rotatable bonds is 6. The Labute approximate surface area is 186 Å². The number of ether oxygens (including phenoxy) is 1. The fraction of sp³-hybridized carbons (Fsp3) is 0.375. The quantitative estimate of drug-likeness (QED) is 0.644. The Balaban J connectivity index is 1.47.